The summed E-state index contributed by atoms with van der Waals surface area (Å²) in [6.07, 6.45) is 11.2. The van der Waals surface area contributed by atoms with Gasteiger partial charge in [0.15, 0.2) is 11.5 Å². The molecule has 5 fully saturated rings. The summed E-state index contributed by atoms with van der Waals surface area (Å²) >= 11 is 0. The van der Waals surface area contributed by atoms with Crippen LogP contribution >= 0.6 is 0 Å². The number of hydrogen-bond acceptors (Lipinski definition) is 4. The summed E-state index contributed by atoms with van der Waals surface area (Å²) in [5, 5.41) is 6.45. The van der Waals surface area contributed by atoms with Crippen molar-refractivity contribution in [2.75, 3.05) is 5.32 Å². The molecular weight excluding hydrogens is 392 g/mol. The van der Waals surface area contributed by atoms with Gasteiger partial charge in [-0.3, -0.25) is 9.59 Å². The molecule has 5 saturated carbocycles. The lowest BCUT2D eigenvalue weighted by Gasteiger charge is -2.61. The molecule has 0 aromatic heterocycles. The van der Waals surface area contributed by atoms with E-state index in [9.17, 15) is 9.59 Å². The predicted molar refractivity (Wildman–Crippen MR) is 116 cm³/mol. The van der Waals surface area contributed by atoms with Crippen LogP contribution in [0.15, 0.2) is 18.2 Å². The number of rotatable bonds is 3. The molecule has 0 radical (unpaired) electrons. The highest BCUT2D eigenvalue weighted by Gasteiger charge is 2.61. The monoisotopic (exact) mass is 424 g/mol. The fourth-order valence-corrected chi connectivity index (χ4v) is 7.78. The Morgan fingerprint density at radius 3 is 2.39 bits per heavy atom. The van der Waals surface area contributed by atoms with Crippen LogP contribution in [0.4, 0.5) is 5.69 Å². The van der Waals surface area contributed by atoms with Crippen molar-refractivity contribution in [2.24, 2.45) is 17.3 Å². The minimum atomic E-state index is -0.506. The first-order valence-electron chi connectivity index (χ1n) is 12.0. The largest absolute Gasteiger partial charge is 0.448 e. The molecule has 7 rings (SSSR count). The van der Waals surface area contributed by atoms with Crippen molar-refractivity contribution in [1.82, 2.24) is 5.32 Å². The van der Waals surface area contributed by atoms with Gasteiger partial charge < -0.3 is 20.1 Å². The van der Waals surface area contributed by atoms with Gasteiger partial charge in [0, 0.05) is 37.1 Å². The second-order valence-corrected chi connectivity index (χ2v) is 11.0. The zero-order valence-corrected chi connectivity index (χ0v) is 18.3. The van der Waals surface area contributed by atoms with Crippen molar-refractivity contribution in [2.45, 2.75) is 88.9 Å². The third-order valence-electron chi connectivity index (χ3n) is 8.39. The maximum Gasteiger partial charge on any atom is 0.251 e. The van der Waals surface area contributed by atoms with E-state index in [1.54, 1.807) is 6.92 Å². The topological polar surface area (TPSA) is 76.7 Å². The third kappa shape index (κ3) is 3.21. The van der Waals surface area contributed by atoms with Gasteiger partial charge in [-0.15, -0.1) is 0 Å². The van der Waals surface area contributed by atoms with E-state index in [1.165, 1.54) is 12.8 Å². The van der Waals surface area contributed by atoms with Crippen molar-refractivity contribution in [1.29, 1.82) is 0 Å². The predicted octanol–water partition coefficient (Wildman–Crippen LogP) is 4.53. The van der Waals surface area contributed by atoms with Crippen molar-refractivity contribution >= 4 is 17.5 Å². The van der Waals surface area contributed by atoms with E-state index in [1.807, 2.05) is 18.2 Å². The van der Waals surface area contributed by atoms with E-state index in [0.717, 1.165) is 75.0 Å². The van der Waals surface area contributed by atoms with Gasteiger partial charge in [0.05, 0.1) is 5.41 Å². The quantitative estimate of drug-likeness (QED) is 0.747. The Morgan fingerprint density at radius 1 is 0.968 bits per heavy atom. The number of carbonyl (C=O) groups is 2. The number of anilines is 1. The Morgan fingerprint density at radius 2 is 1.68 bits per heavy atom. The molecular formula is C25H32N2O4. The van der Waals surface area contributed by atoms with Crippen LogP contribution < -0.4 is 20.1 Å². The molecule has 1 aromatic carbocycles. The molecule has 1 spiro atoms. The Balaban J connectivity index is 1.21. The molecule has 6 heteroatoms. The standard InChI is InChI=1S/C25H32N2O4/c1-16(28)27-24-13-17-9-18(14-24)12-23(11-17,15-24)22(29)26-19-5-6-20-21(10-19)31-25(30-20)7-3-2-4-8-25/h5-6,10,17-18H,2-4,7-9,11-15H2,1H3,(H,26,29)(H,27,28)/t17-,18-,23?,24?/m1/s1. The molecule has 6 nitrogen and oxygen atoms in total. The van der Waals surface area contributed by atoms with Crippen LogP contribution in [0, 0.1) is 17.3 Å². The highest BCUT2D eigenvalue weighted by molar-refractivity contribution is 5.96. The smallest absolute Gasteiger partial charge is 0.251 e. The molecule has 4 bridgehead atoms. The molecule has 6 aliphatic rings. The van der Waals surface area contributed by atoms with Crippen LogP contribution in [0.5, 0.6) is 11.5 Å². The van der Waals surface area contributed by atoms with Crippen LogP contribution in [0.25, 0.3) is 0 Å². The highest BCUT2D eigenvalue weighted by atomic mass is 16.7. The summed E-state index contributed by atoms with van der Waals surface area (Å²) < 4.78 is 12.4. The number of nitrogens with one attached hydrogen (secondary N) is 2. The fraction of sp³-hybridized carbons (Fsp3) is 0.680. The van der Waals surface area contributed by atoms with Crippen molar-refractivity contribution in [3.63, 3.8) is 0 Å². The molecule has 0 unspecified atom stereocenters. The Kier molecular flexibility index (Phi) is 4.16. The molecule has 1 aliphatic heterocycles. The Hall–Kier alpha value is -2.24. The number of amides is 2. The van der Waals surface area contributed by atoms with Gasteiger partial charge in [-0.25, -0.2) is 0 Å². The first-order valence-corrected chi connectivity index (χ1v) is 12.0. The molecule has 2 N–H and O–H groups in total. The number of benzene rings is 1. The molecule has 2 atom stereocenters. The van der Waals surface area contributed by atoms with E-state index in [4.69, 9.17) is 9.47 Å². The molecule has 166 valence electrons. The van der Waals surface area contributed by atoms with Crippen LogP contribution in [-0.2, 0) is 9.59 Å². The zero-order chi connectivity index (χ0) is 21.3. The summed E-state index contributed by atoms with van der Waals surface area (Å²) in [5.74, 6) is 2.18. The Bertz CT molecular complexity index is 921. The molecule has 31 heavy (non-hydrogen) atoms. The molecule has 5 aliphatic carbocycles. The highest BCUT2D eigenvalue weighted by Crippen LogP contribution is 2.62. The van der Waals surface area contributed by atoms with E-state index >= 15 is 0 Å². The minimum absolute atomic E-state index is 0.0184. The first kappa shape index (κ1) is 19.4. The summed E-state index contributed by atoms with van der Waals surface area (Å²) in [4.78, 5) is 25.5. The first-order chi connectivity index (χ1) is 14.9. The summed E-state index contributed by atoms with van der Waals surface area (Å²) in [7, 11) is 0. The van der Waals surface area contributed by atoms with Crippen LogP contribution in [-0.4, -0.2) is 23.1 Å². The van der Waals surface area contributed by atoms with Crippen molar-refractivity contribution < 1.29 is 19.1 Å². The second-order valence-electron chi connectivity index (χ2n) is 11.0. The average molecular weight is 425 g/mol. The normalized spacial score (nSPS) is 36.4. The van der Waals surface area contributed by atoms with Crippen LogP contribution in [0.2, 0.25) is 0 Å². The average Bonchev–Trinajstić information content (AvgIpc) is 3.03. The van der Waals surface area contributed by atoms with Gasteiger partial charge in [0.2, 0.25) is 11.8 Å². The van der Waals surface area contributed by atoms with Crippen molar-refractivity contribution in [3.8, 4) is 11.5 Å². The minimum Gasteiger partial charge on any atom is -0.448 e. The van der Waals surface area contributed by atoms with Gasteiger partial charge in [-0.05, 0) is 75.3 Å². The van der Waals surface area contributed by atoms with Gasteiger partial charge in [-0.2, -0.15) is 0 Å². The molecule has 2 amide bonds. The summed E-state index contributed by atoms with van der Waals surface area (Å²) in [5.41, 5.74) is 0.188. The van der Waals surface area contributed by atoms with E-state index in [0.29, 0.717) is 11.8 Å². The molecule has 1 aromatic rings. The lowest BCUT2D eigenvalue weighted by Crippen LogP contribution is -2.65. The third-order valence-corrected chi connectivity index (χ3v) is 8.39. The van der Waals surface area contributed by atoms with Crippen molar-refractivity contribution in [3.05, 3.63) is 18.2 Å². The SMILES string of the molecule is CC(=O)NC12C[C@@H]3C[C@@H](C1)CC(C(=O)Nc1ccc4c(c1)OC1(CCCCC1)O4)(C3)C2. The van der Waals surface area contributed by atoms with Gasteiger partial charge in [-0.1, -0.05) is 6.42 Å². The van der Waals surface area contributed by atoms with Crippen LogP contribution in [0.1, 0.15) is 77.6 Å². The van der Waals surface area contributed by atoms with E-state index in [-0.39, 0.29) is 22.8 Å². The summed E-state index contributed by atoms with van der Waals surface area (Å²) in [6.45, 7) is 1.59. The lowest BCUT2D eigenvalue weighted by atomic mass is 9.46. The van der Waals surface area contributed by atoms with E-state index in [2.05, 4.69) is 10.6 Å². The van der Waals surface area contributed by atoms with Crippen LogP contribution in [0.3, 0.4) is 0 Å². The fourth-order valence-electron chi connectivity index (χ4n) is 7.78. The van der Waals surface area contributed by atoms with Gasteiger partial charge in [0.1, 0.15) is 0 Å². The second kappa shape index (κ2) is 6.63. The zero-order valence-electron chi connectivity index (χ0n) is 18.3. The summed E-state index contributed by atoms with van der Waals surface area (Å²) in [6, 6.07) is 5.76. The van der Waals surface area contributed by atoms with Gasteiger partial charge in [0.25, 0.3) is 5.79 Å². The number of hydrogen-bond donors (Lipinski definition) is 2. The van der Waals surface area contributed by atoms with Gasteiger partial charge >= 0.3 is 0 Å². The maximum absolute atomic E-state index is 13.6. The number of carbonyl (C=O) groups excluding carboxylic acids is 2. The number of ether oxygens (including phenoxy) is 2. The maximum atomic E-state index is 13.6. The molecule has 0 saturated heterocycles. The Labute approximate surface area is 183 Å². The molecule has 1 heterocycles. The van der Waals surface area contributed by atoms with E-state index < -0.39 is 5.79 Å². The lowest BCUT2D eigenvalue weighted by molar-refractivity contribution is -0.148. The number of fused-ring (bicyclic) bond motifs is 1.